The lowest BCUT2D eigenvalue weighted by Crippen LogP contribution is -2.62. The van der Waals surface area contributed by atoms with Gasteiger partial charge in [-0.15, -0.1) is 0 Å². The SMILES string of the molecule is CC(C)NC(C)(C)C(=O)N[C@@H](Cc1cccc2ccccc12)C(=O)NCC(=O)NC(C)(C)C(=O)N[C@@H](Cc1ccccc1)C(=O)N[C@@H](Cc1cccc2ccccc12)C(=O)C(C)C. The molecule has 6 N–H and O–H groups in total. The van der Waals surface area contributed by atoms with Gasteiger partial charge in [0.25, 0.3) is 0 Å². The van der Waals surface area contributed by atoms with E-state index in [0.717, 1.165) is 38.2 Å². The highest BCUT2D eigenvalue weighted by atomic mass is 16.2. The number of amides is 5. The van der Waals surface area contributed by atoms with Gasteiger partial charge >= 0.3 is 0 Å². The Balaban J connectivity index is 1.29. The van der Waals surface area contributed by atoms with Crippen molar-refractivity contribution in [3.05, 3.63) is 132 Å². The van der Waals surface area contributed by atoms with E-state index in [9.17, 15) is 28.8 Å². The Morgan fingerprint density at radius 3 is 1.52 bits per heavy atom. The van der Waals surface area contributed by atoms with Crippen molar-refractivity contribution < 1.29 is 28.8 Å². The Kier molecular flexibility index (Phi) is 16.0. The minimum Gasteiger partial charge on any atom is -0.345 e. The second kappa shape index (κ2) is 21.1. The largest absolute Gasteiger partial charge is 0.345 e. The summed E-state index contributed by atoms with van der Waals surface area (Å²) >= 11 is 0. The first kappa shape index (κ1) is 47.6. The van der Waals surface area contributed by atoms with Crippen LogP contribution in [0.25, 0.3) is 21.5 Å². The van der Waals surface area contributed by atoms with Crippen molar-refractivity contribution in [2.45, 2.75) is 110 Å². The van der Waals surface area contributed by atoms with E-state index in [0.29, 0.717) is 0 Å². The Morgan fingerprint density at radius 1 is 0.508 bits per heavy atom. The predicted octanol–water partition coefficient (Wildman–Crippen LogP) is 5.49. The quantitative estimate of drug-likeness (QED) is 0.0601. The summed E-state index contributed by atoms with van der Waals surface area (Å²) in [6.45, 7) is 13.4. The lowest BCUT2D eigenvalue weighted by Gasteiger charge is -2.30. The third-order valence-corrected chi connectivity index (χ3v) is 11.0. The number of ketones is 1. The minimum atomic E-state index is -1.55. The highest BCUT2D eigenvalue weighted by molar-refractivity contribution is 5.98. The summed E-state index contributed by atoms with van der Waals surface area (Å²) in [5, 5.41) is 21.2. The van der Waals surface area contributed by atoms with Crippen LogP contribution in [0.3, 0.4) is 0 Å². The molecule has 5 aromatic carbocycles. The van der Waals surface area contributed by atoms with E-state index in [1.54, 1.807) is 27.7 Å². The zero-order chi connectivity index (χ0) is 45.9. The standard InChI is InChI=1S/C51H62N6O6/c1-32(2)45(59)41(29-37-24-16-22-35-20-12-14-26-39(35)37)53-47(61)42(28-34-18-10-9-11-19-34)54-49(63)51(7,8)57-44(58)31-52-46(60)43(55-48(62)50(5,6)56-33(3)4)30-38-25-17-23-36-21-13-15-27-40(36)38/h9-27,32-33,41-43,56H,28-31H2,1-8H3,(H,52,60)(H,53,61)(H,54,63)(H,55,62)(H,57,58)/t41-,42-,43-/m0/s1. The normalized spacial score (nSPS) is 13.2. The van der Waals surface area contributed by atoms with Gasteiger partial charge in [-0.05, 0) is 79.8 Å². The molecule has 332 valence electrons. The fraction of sp³-hybridized carbons (Fsp3) is 0.373. The maximum atomic E-state index is 14.2. The molecule has 0 aliphatic heterocycles. The Hall–Kier alpha value is -6.40. The number of hydrogen-bond donors (Lipinski definition) is 6. The zero-order valence-electron chi connectivity index (χ0n) is 37.6. The van der Waals surface area contributed by atoms with Crippen LogP contribution in [-0.2, 0) is 48.0 Å². The van der Waals surface area contributed by atoms with E-state index in [2.05, 4.69) is 31.9 Å². The Bertz CT molecular complexity index is 2420. The first-order chi connectivity index (χ1) is 29.8. The molecule has 12 heteroatoms. The summed E-state index contributed by atoms with van der Waals surface area (Å²) in [6, 6.07) is 33.4. The fourth-order valence-electron chi connectivity index (χ4n) is 7.75. The highest BCUT2D eigenvalue weighted by Gasteiger charge is 2.36. The van der Waals surface area contributed by atoms with Crippen molar-refractivity contribution >= 4 is 56.9 Å². The highest BCUT2D eigenvalue weighted by Crippen LogP contribution is 2.22. The molecule has 5 aromatic rings. The van der Waals surface area contributed by atoms with Gasteiger partial charge in [0.05, 0.1) is 18.1 Å². The number of Topliss-reactive ketones (excluding diaryl/α,β-unsaturated/α-hetero) is 1. The van der Waals surface area contributed by atoms with Gasteiger partial charge in [-0.3, -0.25) is 28.8 Å². The van der Waals surface area contributed by atoms with Crippen molar-refractivity contribution in [3.8, 4) is 0 Å². The molecular formula is C51H62N6O6. The van der Waals surface area contributed by atoms with Gasteiger partial charge in [-0.2, -0.15) is 0 Å². The average molecular weight is 855 g/mol. The topological polar surface area (TPSA) is 175 Å². The van der Waals surface area contributed by atoms with Crippen molar-refractivity contribution in [3.63, 3.8) is 0 Å². The third kappa shape index (κ3) is 13.1. The van der Waals surface area contributed by atoms with E-state index < -0.39 is 59.4 Å². The van der Waals surface area contributed by atoms with Crippen LogP contribution in [0.4, 0.5) is 0 Å². The molecule has 0 unspecified atom stereocenters. The van der Waals surface area contributed by atoms with Crippen LogP contribution in [0.15, 0.2) is 115 Å². The van der Waals surface area contributed by atoms with Gasteiger partial charge in [0.2, 0.25) is 29.5 Å². The lowest BCUT2D eigenvalue weighted by atomic mass is 9.92. The number of benzene rings is 5. The van der Waals surface area contributed by atoms with Gasteiger partial charge in [0, 0.05) is 31.2 Å². The summed E-state index contributed by atoms with van der Waals surface area (Å²) < 4.78 is 0. The maximum absolute atomic E-state index is 14.2. The van der Waals surface area contributed by atoms with Crippen molar-refractivity contribution in [1.82, 2.24) is 31.9 Å². The molecule has 0 saturated heterocycles. The van der Waals surface area contributed by atoms with Crippen molar-refractivity contribution in [2.75, 3.05) is 6.54 Å². The van der Waals surface area contributed by atoms with Gasteiger partial charge in [-0.25, -0.2) is 0 Å². The molecule has 3 atom stereocenters. The van der Waals surface area contributed by atoms with Crippen LogP contribution in [0.5, 0.6) is 0 Å². The zero-order valence-corrected chi connectivity index (χ0v) is 37.6. The van der Waals surface area contributed by atoms with Crippen LogP contribution < -0.4 is 31.9 Å². The molecule has 0 spiro atoms. The molecule has 0 aromatic heterocycles. The van der Waals surface area contributed by atoms with Crippen LogP contribution in [0.2, 0.25) is 0 Å². The minimum absolute atomic E-state index is 0.00456. The van der Waals surface area contributed by atoms with Crippen LogP contribution >= 0.6 is 0 Å². The van der Waals surface area contributed by atoms with Crippen LogP contribution in [-0.4, -0.2) is 77.1 Å². The molecule has 5 amide bonds. The van der Waals surface area contributed by atoms with E-state index in [-0.39, 0.29) is 42.9 Å². The second-order valence-electron chi connectivity index (χ2n) is 17.9. The molecule has 0 heterocycles. The van der Waals surface area contributed by atoms with E-state index in [1.807, 2.05) is 129 Å². The van der Waals surface area contributed by atoms with Gasteiger partial charge in [-0.1, -0.05) is 129 Å². The summed E-state index contributed by atoms with van der Waals surface area (Å²) in [4.78, 5) is 82.7. The predicted molar refractivity (Wildman–Crippen MR) is 249 cm³/mol. The number of rotatable bonds is 20. The molecule has 63 heavy (non-hydrogen) atoms. The van der Waals surface area contributed by atoms with Crippen molar-refractivity contribution in [2.24, 2.45) is 5.92 Å². The summed E-state index contributed by atoms with van der Waals surface area (Å²) in [5.41, 5.74) is -0.0288. The molecule has 0 radical (unpaired) electrons. The molecule has 0 aliphatic rings. The van der Waals surface area contributed by atoms with Gasteiger partial charge in [0.15, 0.2) is 5.78 Å². The first-order valence-corrected chi connectivity index (χ1v) is 21.6. The van der Waals surface area contributed by atoms with E-state index in [4.69, 9.17) is 0 Å². The van der Waals surface area contributed by atoms with E-state index >= 15 is 0 Å². The molecule has 0 saturated carbocycles. The Morgan fingerprint density at radius 2 is 0.984 bits per heavy atom. The van der Waals surface area contributed by atoms with Crippen molar-refractivity contribution in [1.29, 1.82) is 0 Å². The molecule has 0 fully saturated rings. The summed E-state index contributed by atoms with van der Waals surface area (Å²) in [7, 11) is 0. The first-order valence-electron chi connectivity index (χ1n) is 21.6. The maximum Gasteiger partial charge on any atom is 0.245 e. The molecule has 0 aliphatic carbocycles. The monoisotopic (exact) mass is 854 g/mol. The van der Waals surface area contributed by atoms with E-state index in [1.165, 1.54) is 13.8 Å². The number of hydrogen-bond acceptors (Lipinski definition) is 7. The van der Waals surface area contributed by atoms with Crippen LogP contribution in [0.1, 0.15) is 72.1 Å². The summed E-state index contributed by atoms with van der Waals surface area (Å²) in [6.07, 6.45) is 0.522. The smallest absolute Gasteiger partial charge is 0.245 e. The fourth-order valence-corrected chi connectivity index (χ4v) is 7.75. The van der Waals surface area contributed by atoms with Gasteiger partial charge in [0.1, 0.15) is 17.6 Å². The number of nitrogens with one attached hydrogen (secondary N) is 6. The second-order valence-corrected chi connectivity index (χ2v) is 17.9. The molecule has 0 bridgehead atoms. The lowest BCUT2D eigenvalue weighted by molar-refractivity contribution is -0.136. The number of fused-ring (bicyclic) bond motifs is 2. The third-order valence-electron chi connectivity index (χ3n) is 11.0. The molecular weight excluding hydrogens is 793 g/mol. The van der Waals surface area contributed by atoms with Gasteiger partial charge < -0.3 is 31.9 Å². The molecule has 12 nitrogen and oxygen atoms in total. The van der Waals surface area contributed by atoms with Crippen LogP contribution in [0, 0.1) is 5.92 Å². The Labute approximate surface area is 370 Å². The summed E-state index contributed by atoms with van der Waals surface area (Å²) in [5.74, 6) is -3.36. The molecule has 5 rings (SSSR count). The average Bonchev–Trinajstić information content (AvgIpc) is 3.24. The number of carbonyl (C=O) groups is 6. The number of carbonyl (C=O) groups excluding carboxylic acids is 6.